The Bertz CT molecular complexity index is 186. The van der Waals surface area contributed by atoms with Crippen molar-refractivity contribution >= 4 is 16.9 Å². The van der Waals surface area contributed by atoms with Gasteiger partial charge in [0.05, 0.1) is 0 Å². The molecule has 0 bridgehead atoms. The van der Waals surface area contributed by atoms with Crippen LogP contribution < -0.4 is 0 Å². The van der Waals surface area contributed by atoms with E-state index >= 15 is 0 Å². The predicted octanol–water partition coefficient (Wildman–Crippen LogP) is 2.99. The number of hydrogen-bond acceptors (Lipinski definition) is 2. The predicted molar refractivity (Wildman–Crippen MR) is 48.2 cm³/mol. The fourth-order valence-corrected chi connectivity index (χ4v) is 1.48. The van der Waals surface area contributed by atoms with Gasteiger partial charge in [-0.3, -0.25) is 4.79 Å². The number of rotatable bonds is 6. The first-order chi connectivity index (χ1) is 6.44. The summed E-state index contributed by atoms with van der Waals surface area (Å²) >= 11 is 0.723. The zero-order chi connectivity index (χ0) is 11.2. The van der Waals surface area contributed by atoms with Gasteiger partial charge in [0.15, 0.2) is 11.3 Å². The summed E-state index contributed by atoms with van der Waals surface area (Å²) in [7, 11) is 0. The molecule has 0 saturated carbocycles. The first-order valence-electron chi connectivity index (χ1n) is 4.17. The van der Waals surface area contributed by atoms with Gasteiger partial charge in [-0.15, -0.1) is 0 Å². The van der Waals surface area contributed by atoms with Crippen LogP contribution in [0.3, 0.4) is 0 Å². The summed E-state index contributed by atoms with van der Waals surface area (Å²) in [5.74, 6) is -3.85. The monoisotopic (exact) mass is 232 g/mol. The van der Waals surface area contributed by atoms with Gasteiger partial charge in [-0.1, -0.05) is 18.7 Å². The van der Waals surface area contributed by atoms with Gasteiger partial charge in [0.2, 0.25) is 0 Å². The SMILES string of the molecule is CCC(=O)SCCC(F)(F)C(F)CF. The van der Waals surface area contributed by atoms with E-state index in [2.05, 4.69) is 0 Å². The lowest BCUT2D eigenvalue weighted by molar-refractivity contribution is -0.110. The molecule has 0 radical (unpaired) electrons. The van der Waals surface area contributed by atoms with E-state index in [1.807, 2.05) is 0 Å². The Hall–Kier alpha value is -0.260. The van der Waals surface area contributed by atoms with Gasteiger partial charge in [-0.25, -0.2) is 17.6 Å². The summed E-state index contributed by atoms with van der Waals surface area (Å²) in [6.07, 6.45) is -3.33. The van der Waals surface area contributed by atoms with E-state index in [-0.39, 0.29) is 17.3 Å². The highest BCUT2D eigenvalue weighted by Gasteiger charge is 2.39. The van der Waals surface area contributed by atoms with Gasteiger partial charge >= 0.3 is 0 Å². The van der Waals surface area contributed by atoms with E-state index in [0.29, 0.717) is 0 Å². The molecule has 0 aromatic rings. The van der Waals surface area contributed by atoms with Crippen molar-refractivity contribution in [3.8, 4) is 0 Å². The average molecular weight is 232 g/mol. The Morgan fingerprint density at radius 2 is 2.07 bits per heavy atom. The Morgan fingerprint density at radius 1 is 1.50 bits per heavy atom. The summed E-state index contributed by atoms with van der Waals surface area (Å²) in [4.78, 5) is 10.7. The molecular weight excluding hydrogens is 220 g/mol. The van der Waals surface area contributed by atoms with Crippen LogP contribution in [0.5, 0.6) is 0 Å². The molecule has 0 N–H and O–H groups in total. The van der Waals surface area contributed by atoms with Crippen LogP contribution in [0.15, 0.2) is 0 Å². The molecule has 0 aromatic carbocycles. The lowest BCUT2D eigenvalue weighted by Crippen LogP contribution is -2.32. The molecule has 0 aliphatic rings. The molecule has 1 atom stereocenters. The molecule has 1 unspecified atom stereocenters. The largest absolute Gasteiger partial charge is 0.287 e. The molecule has 0 aromatic heterocycles. The topological polar surface area (TPSA) is 17.1 Å². The summed E-state index contributed by atoms with van der Waals surface area (Å²) in [6.45, 7) is -0.0909. The summed E-state index contributed by atoms with van der Waals surface area (Å²) in [5, 5.41) is -0.226. The molecule has 0 heterocycles. The van der Waals surface area contributed by atoms with E-state index in [4.69, 9.17) is 0 Å². The second kappa shape index (κ2) is 6.27. The standard InChI is InChI=1S/C8H12F4OS/c1-2-7(13)14-4-3-8(11,12)6(10)5-9/h6H,2-5H2,1H3. The average Bonchev–Trinajstić information content (AvgIpc) is 2.15. The maximum Gasteiger partial charge on any atom is 0.282 e. The van der Waals surface area contributed by atoms with Crippen molar-refractivity contribution in [3.05, 3.63) is 0 Å². The molecule has 6 heteroatoms. The van der Waals surface area contributed by atoms with E-state index in [1.54, 1.807) is 6.92 Å². The zero-order valence-electron chi connectivity index (χ0n) is 7.73. The molecule has 84 valence electrons. The van der Waals surface area contributed by atoms with Crippen molar-refractivity contribution in [2.45, 2.75) is 31.9 Å². The molecule has 14 heavy (non-hydrogen) atoms. The highest BCUT2D eigenvalue weighted by Crippen LogP contribution is 2.28. The van der Waals surface area contributed by atoms with Crippen LogP contribution in [0.1, 0.15) is 19.8 Å². The number of halogens is 4. The van der Waals surface area contributed by atoms with E-state index in [1.165, 1.54) is 0 Å². The van der Waals surface area contributed by atoms with Crippen LogP contribution in [0, 0.1) is 0 Å². The zero-order valence-corrected chi connectivity index (χ0v) is 8.55. The molecule has 0 aliphatic carbocycles. The third-order valence-corrected chi connectivity index (χ3v) is 2.60. The maximum atomic E-state index is 12.6. The quantitative estimate of drug-likeness (QED) is 0.655. The summed E-state index contributed by atoms with van der Waals surface area (Å²) in [5.41, 5.74) is 0. The fourth-order valence-electron chi connectivity index (χ4n) is 0.672. The normalized spacial score (nSPS) is 14.1. The van der Waals surface area contributed by atoms with Gasteiger partial charge in [0.1, 0.15) is 6.67 Å². The third-order valence-electron chi connectivity index (χ3n) is 1.58. The Labute approximate surface area is 84.2 Å². The number of carbonyl (C=O) groups excluding carboxylic acids is 1. The minimum Gasteiger partial charge on any atom is -0.287 e. The molecule has 0 amide bonds. The smallest absolute Gasteiger partial charge is 0.282 e. The number of hydrogen-bond donors (Lipinski definition) is 0. The van der Waals surface area contributed by atoms with E-state index in [9.17, 15) is 22.4 Å². The molecule has 0 rings (SSSR count). The fraction of sp³-hybridized carbons (Fsp3) is 0.875. The van der Waals surface area contributed by atoms with Crippen molar-refractivity contribution in [3.63, 3.8) is 0 Å². The number of alkyl halides is 4. The van der Waals surface area contributed by atoms with Crippen molar-refractivity contribution in [1.29, 1.82) is 0 Å². The van der Waals surface area contributed by atoms with Crippen LogP contribution >= 0.6 is 11.8 Å². The number of thioether (sulfide) groups is 1. The van der Waals surface area contributed by atoms with Gasteiger partial charge in [-0.05, 0) is 0 Å². The van der Waals surface area contributed by atoms with Crippen molar-refractivity contribution in [2.24, 2.45) is 0 Å². The maximum absolute atomic E-state index is 12.6. The minimum atomic E-state index is -3.67. The first-order valence-corrected chi connectivity index (χ1v) is 5.16. The van der Waals surface area contributed by atoms with Crippen molar-refractivity contribution in [1.82, 2.24) is 0 Å². The van der Waals surface area contributed by atoms with E-state index in [0.717, 1.165) is 11.8 Å². The highest BCUT2D eigenvalue weighted by molar-refractivity contribution is 8.13. The minimum absolute atomic E-state index is 0.180. The summed E-state index contributed by atoms with van der Waals surface area (Å²) in [6, 6.07) is 0. The molecule has 0 saturated heterocycles. The lowest BCUT2D eigenvalue weighted by atomic mass is 10.2. The van der Waals surface area contributed by atoms with Crippen LogP contribution in [-0.4, -0.2) is 29.6 Å². The van der Waals surface area contributed by atoms with Gasteiger partial charge in [0, 0.05) is 18.6 Å². The second-order valence-corrected chi connectivity index (χ2v) is 3.86. The first kappa shape index (κ1) is 13.7. The number of carbonyl (C=O) groups is 1. The lowest BCUT2D eigenvalue weighted by Gasteiger charge is -2.17. The van der Waals surface area contributed by atoms with Crippen LogP contribution in [0.2, 0.25) is 0 Å². The highest BCUT2D eigenvalue weighted by atomic mass is 32.2. The Morgan fingerprint density at radius 3 is 2.50 bits per heavy atom. The molecule has 1 nitrogen and oxygen atoms in total. The Balaban J connectivity index is 3.81. The summed E-state index contributed by atoms with van der Waals surface area (Å²) < 4.78 is 49.2. The molecule has 0 spiro atoms. The molecule has 0 fully saturated rings. The third kappa shape index (κ3) is 4.83. The second-order valence-electron chi connectivity index (χ2n) is 2.71. The van der Waals surface area contributed by atoms with Gasteiger partial charge < -0.3 is 0 Å². The van der Waals surface area contributed by atoms with Gasteiger partial charge in [0.25, 0.3) is 5.92 Å². The Kier molecular flexibility index (Phi) is 6.15. The van der Waals surface area contributed by atoms with Crippen molar-refractivity contribution < 1.29 is 22.4 Å². The van der Waals surface area contributed by atoms with Crippen LogP contribution in [0.4, 0.5) is 17.6 Å². The molecule has 0 aliphatic heterocycles. The van der Waals surface area contributed by atoms with Crippen LogP contribution in [0.25, 0.3) is 0 Å². The van der Waals surface area contributed by atoms with E-state index < -0.39 is 25.2 Å². The van der Waals surface area contributed by atoms with Crippen molar-refractivity contribution in [2.75, 3.05) is 12.4 Å². The molecular formula is C8H12F4OS. The van der Waals surface area contributed by atoms with Gasteiger partial charge in [-0.2, -0.15) is 0 Å². The van der Waals surface area contributed by atoms with Crippen LogP contribution in [-0.2, 0) is 4.79 Å².